The Labute approximate surface area is 168 Å². The topological polar surface area (TPSA) is 50.9 Å². The highest BCUT2D eigenvalue weighted by molar-refractivity contribution is 7.90. The van der Waals surface area contributed by atoms with Crippen molar-refractivity contribution in [2.24, 2.45) is 0 Å². The molecule has 2 unspecified atom stereocenters. The number of aryl methyl sites for hydroxylation is 1. The first-order valence-corrected chi connectivity index (χ1v) is 12.0. The molecule has 4 rings (SSSR count). The number of thiophene rings is 1. The van der Waals surface area contributed by atoms with Gasteiger partial charge in [-0.25, -0.2) is 0 Å². The fourth-order valence-corrected chi connectivity index (χ4v) is 5.22. The Morgan fingerprint density at radius 2 is 2.19 bits per heavy atom. The van der Waals surface area contributed by atoms with Crippen molar-refractivity contribution in [3.63, 3.8) is 0 Å². The number of benzene rings is 1. The van der Waals surface area contributed by atoms with Crippen molar-refractivity contribution in [3.05, 3.63) is 58.4 Å². The number of H-pyrrole nitrogens is 1. The molecule has 5 heteroatoms. The molecular weight excluding hydrogens is 372 g/mol. The van der Waals surface area contributed by atoms with Crippen molar-refractivity contribution in [2.75, 3.05) is 12.8 Å². The van der Waals surface area contributed by atoms with Crippen molar-refractivity contribution in [3.8, 4) is 0 Å². The second kappa shape index (κ2) is 8.65. The van der Waals surface area contributed by atoms with Crippen LogP contribution in [0, 0.1) is 0 Å². The van der Waals surface area contributed by atoms with Gasteiger partial charge in [0, 0.05) is 35.1 Å². The molecule has 3 nitrogen and oxygen atoms in total. The molecule has 0 aliphatic carbocycles. The molecule has 2 N–H and O–H groups in total. The average Bonchev–Trinajstić information content (AvgIpc) is 3.35. The molecular formula is C22H26N2OS2. The van der Waals surface area contributed by atoms with Gasteiger partial charge in [-0.1, -0.05) is 18.6 Å². The van der Waals surface area contributed by atoms with Gasteiger partial charge < -0.3 is 14.9 Å². The Hall–Kier alpha value is -1.53. The van der Waals surface area contributed by atoms with Crippen molar-refractivity contribution < 1.29 is 4.55 Å². The number of hydrogen-bond acceptors (Lipinski definition) is 3. The predicted octanol–water partition coefficient (Wildman–Crippen LogP) is 5.13. The first kappa shape index (κ1) is 18.8. The first-order chi connectivity index (χ1) is 13.2. The van der Waals surface area contributed by atoms with Gasteiger partial charge in [0.05, 0.1) is 5.52 Å². The van der Waals surface area contributed by atoms with Crippen LogP contribution in [0.15, 0.2) is 52.9 Å². The quantitative estimate of drug-likeness (QED) is 0.428. The average molecular weight is 399 g/mol. The minimum absolute atomic E-state index is 0.595. The van der Waals surface area contributed by atoms with E-state index < -0.39 is 11.2 Å². The van der Waals surface area contributed by atoms with Crippen LogP contribution in [0.5, 0.6) is 0 Å². The van der Waals surface area contributed by atoms with E-state index in [0.717, 1.165) is 29.8 Å². The lowest BCUT2D eigenvalue weighted by molar-refractivity contribution is 0.477. The van der Waals surface area contributed by atoms with E-state index in [1.54, 1.807) is 6.26 Å². The zero-order chi connectivity index (χ0) is 18.6. The summed E-state index contributed by atoms with van der Waals surface area (Å²) >= 11 is 0.913. The fraction of sp³-hybridized carbons (Fsp3) is 0.364. The number of hydrogen-bond donors (Lipinski definition) is 2. The Morgan fingerprint density at radius 3 is 3.00 bits per heavy atom. The van der Waals surface area contributed by atoms with E-state index in [-0.39, 0.29) is 0 Å². The first-order valence-electron chi connectivity index (χ1n) is 9.60. The lowest BCUT2D eigenvalue weighted by Crippen LogP contribution is -2.32. The maximum atomic E-state index is 11.6. The van der Waals surface area contributed by atoms with Crippen LogP contribution in [-0.2, 0) is 17.6 Å². The molecule has 0 fully saturated rings. The highest BCUT2D eigenvalue weighted by Crippen LogP contribution is 2.28. The minimum atomic E-state index is -0.931. The normalized spacial score (nSPS) is 18.6. The summed E-state index contributed by atoms with van der Waals surface area (Å²) in [6.07, 6.45) is 12.1. The van der Waals surface area contributed by atoms with E-state index in [9.17, 15) is 4.55 Å². The van der Waals surface area contributed by atoms with Crippen LogP contribution in [-0.4, -0.2) is 28.4 Å². The number of unbranched alkanes of at least 4 members (excludes halogenated alkanes) is 1. The Balaban J connectivity index is 1.28. The van der Waals surface area contributed by atoms with E-state index in [1.807, 2.05) is 23.5 Å². The molecule has 3 aromatic rings. The Morgan fingerprint density at radius 1 is 1.26 bits per heavy atom. The van der Waals surface area contributed by atoms with Gasteiger partial charge in [0.2, 0.25) is 0 Å². The van der Waals surface area contributed by atoms with Gasteiger partial charge in [0.1, 0.15) is 6.26 Å². The maximum Gasteiger partial charge on any atom is 0.154 e. The molecule has 0 radical (unpaired) electrons. The van der Waals surface area contributed by atoms with Gasteiger partial charge in [0.15, 0.2) is 4.90 Å². The van der Waals surface area contributed by atoms with Crippen molar-refractivity contribution >= 4 is 39.0 Å². The molecule has 1 aliphatic rings. The summed E-state index contributed by atoms with van der Waals surface area (Å²) in [5.41, 5.74) is 3.97. The zero-order valence-corrected chi connectivity index (χ0v) is 17.3. The van der Waals surface area contributed by atoms with Gasteiger partial charge >= 0.3 is 0 Å². The molecule has 0 saturated carbocycles. The summed E-state index contributed by atoms with van der Waals surface area (Å²) in [6.45, 7) is 0.988. The van der Waals surface area contributed by atoms with Crippen LogP contribution in [0.1, 0.15) is 36.1 Å². The minimum Gasteiger partial charge on any atom is -0.612 e. The van der Waals surface area contributed by atoms with Gasteiger partial charge in [-0.2, -0.15) is 0 Å². The van der Waals surface area contributed by atoms with Crippen LogP contribution >= 0.6 is 11.3 Å². The summed E-state index contributed by atoms with van der Waals surface area (Å²) in [6, 6.07) is 11.1. The third-order valence-electron chi connectivity index (χ3n) is 5.38. The van der Waals surface area contributed by atoms with Gasteiger partial charge in [0.25, 0.3) is 0 Å². The van der Waals surface area contributed by atoms with E-state index in [2.05, 4.69) is 46.2 Å². The van der Waals surface area contributed by atoms with Crippen LogP contribution in [0.4, 0.5) is 0 Å². The van der Waals surface area contributed by atoms with E-state index in [1.165, 1.54) is 40.7 Å². The van der Waals surface area contributed by atoms with E-state index in [0.29, 0.717) is 6.04 Å². The molecule has 1 aliphatic heterocycles. The van der Waals surface area contributed by atoms with Gasteiger partial charge in [-0.15, -0.1) is 11.3 Å². The largest absolute Gasteiger partial charge is 0.612 e. The molecule has 2 aromatic heterocycles. The second-order valence-electron chi connectivity index (χ2n) is 7.24. The Kier molecular flexibility index (Phi) is 6.03. The molecule has 3 heterocycles. The molecule has 27 heavy (non-hydrogen) atoms. The van der Waals surface area contributed by atoms with Crippen molar-refractivity contribution in [2.45, 2.75) is 43.0 Å². The molecule has 0 amide bonds. The predicted molar refractivity (Wildman–Crippen MR) is 117 cm³/mol. The zero-order valence-electron chi connectivity index (χ0n) is 15.7. The molecule has 0 spiro atoms. The number of fused-ring (bicyclic) bond motifs is 1. The van der Waals surface area contributed by atoms with Crippen molar-refractivity contribution in [1.82, 2.24) is 10.3 Å². The third kappa shape index (κ3) is 4.49. The lowest BCUT2D eigenvalue weighted by Gasteiger charge is -2.24. The smallest absolute Gasteiger partial charge is 0.154 e. The Bertz CT molecular complexity index is 912. The lowest BCUT2D eigenvalue weighted by atomic mass is 9.95. The molecule has 142 valence electrons. The standard InChI is InChI=1S/C22H26N2OS2/c1-27(25)19-8-9-20-17(15-24-21(20)14-19)5-2-3-6-18-13-16(10-11-23-18)22-7-4-12-26-22/h4,7-10,12,14-15,18,23-24H,2-3,5-6,11,13H2,1H3. The highest BCUT2D eigenvalue weighted by atomic mass is 32.2. The maximum absolute atomic E-state index is 11.6. The number of nitrogens with one attached hydrogen (secondary N) is 2. The van der Waals surface area contributed by atoms with Crippen LogP contribution < -0.4 is 5.32 Å². The summed E-state index contributed by atoms with van der Waals surface area (Å²) in [7, 11) is 0. The fourth-order valence-electron chi connectivity index (χ4n) is 3.89. The summed E-state index contributed by atoms with van der Waals surface area (Å²) < 4.78 is 11.6. The summed E-state index contributed by atoms with van der Waals surface area (Å²) in [5, 5.41) is 7.07. The molecule has 0 saturated heterocycles. The summed E-state index contributed by atoms with van der Waals surface area (Å²) in [5.74, 6) is 0. The van der Waals surface area contributed by atoms with E-state index >= 15 is 0 Å². The molecule has 1 aromatic carbocycles. The highest BCUT2D eigenvalue weighted by Gasteiger charge is 2.16. The number of rotatable bonds is 7. The monoisotopic (exact) mass is 398 g/mol. The van der Waals surface area contributed by atoms with E-state index in [4.69, 9.17) is 0 Å². The van der Waals surface area contributed by atoms with Crippen LogP contribution in [0.25, 0.3) is 16.5 Å². The molecule has 2 atom stereocenters. The van der Waals surface area contributed by atoms with Gasteiger partial charge in [-0.05, 0) is 71.6 Å². The third-order valence-corrected chi connectivity index (χ3v) is 7.24. The SMILES string of the molecule is C[S+]([O-])c1ccc2c(CCCCC3CC(c4cccs4)=CCN3)c[nH]c2c1. The molecule has 0 bridgehead atoms. The van der Waals surface area contributed by atoms with Gasteiger partial charge in [-0.3, -0.25) is 0 Å². The van der Waals surface area contributed by atoms with Crippen LogP contribution in [0.3, 0.4) is 0 Å². The second-order valence-corrected chi connectivity index (χ2v) is 9.56. The number of aromatic amines is 1. The summed E-state index contributed by atoms with van der Waals surface area (Å²) in [4.78, 5) is 5.65. The van der Waals surface area contributed by atoms with Crippen molar-refractivity contribution in [1.29, 1.82) is 0 Å². The van der Waals surface area contributed by atoms with Crippen LogP contribution in [0.2, 0.25) is 0 Å². The number of aromatic nitrogens is 1.